The Labute approximate surface area is 115 Å². The second kappa shape index (κ2) is 5.78. The Kier molecular flexibility index (Phi) is 4.32. The fourth-order valence-electron chi connectivity index (χ4n) is 1.82. The third-order valence-corrected chi connectivity index (χ3v) is 3.69. The summed E-state index contributed by atoms with van der Waals surface area (Å²) >= 11 is 7.44. The average molecular weight is 285 g/mol. The normalized spacial score (nSPS) is 12.7. The van der Waals surface area contributed by atoms with Crippen molar-refractivity contribution in [3.63, 3.8) is 0 Å². The van der Waals surface area contributed by atoms with Crippen LogP contribution in [0.5, 0.6) is 0 Å². The minimum atomic E-state index is -0.260. The summed E-state index contributed by atoms with van der Waals surface area (Å²) in [6.45, 7) is 1.95. The van der Waals surface area contributed by atoms with Gasteiger partial charge in [0.25, 0.3) is 0 Å². The number of benzene rings is 1. The van der Waals surface area contributed by atoms with Gasteiger partial charge < -0.3 is 5.73 Å². The second-order valence-electron chi connectivity index (χ2n) is 4.26. The van der Waals surface area contributed by atoms with Crippen molar-refractivity contribution in [2.75, 3.05) is 0 Å². The fourth-order valence-corrected chi connectivity index (χ4v) is 2.65. The third kappa shape index (κ3) is 3.51. The minimum absolute atomic E-state index is 0.153. The fraction of sp³-hybridized carbons (Fsp3) is 0.308. The Morgan fingerprint density at radius 3 is 2.89 bits per heavy atom. The van der Waals surface area contributed by atoms with E-state index in [1.807, 2.05) is 12.3 Å². The van der Waals surface area contributed by atoms with E-state index in [1.165, 1.54) is 12.1 Å². The molecule has 0 aliphatic heterocycles. The summed E-state index contributed by atoms with van der Waals surface area (Å²) in [6, 6.07) is 4.38. The number of hydrogen-bond donors (Lipinski definition) is 1. The maximum atomic E-state index is 13.5. The van der Waals surface area contributed by atoms with E-state index < -0.39 is 0 Å². The van der Waals surface area contributed by atoms with Gasteiger partial charge in [0.15, 0.2) is 0 Å². The van der Waals surface area contributed by atoms with Crippen molar-refractivity contribution >= 4 is 22.9 Å². The first-order valence-electron chi connectivity index (χ1n) is 5.65. The van der Waals surface area contributed by atoms with Gasteiger partial charge in [0.2, 0.25) is 0 Å². The van der Waals surface area contributed by atoms with E-state index in [-0.39, 0.29) is 11.9 Å². The molecule has 18 heavy (non-hydrogen) atoms. The van der Waals surface area contributed by atoms with Crippen LogP contribution >= 0.6 is 22.9 Å². The molecule has 1 unspecified atom stereocenters. The lowest BCUT2D eigenvalue weighted by Crippen LogP contribution is -2.26. The van der Waals surface area contributed by atoms with Gasteiger partial charge in [-0.25, -0.2) is 9.37 Å². The molecule has 2 aromatic rings. The lowest BCUT2D eigenvalue weighted by Gasteiger charge is -2.11. The summed E-state index contributed by atoms with van der Waals surface area (Å²) < 4.78 is 13.5. The van der Waals surface area contributed by atoms with Crippen molar-refractivity contribution in [3.05, 3.63) is 50.7 Å². The molecule has 0 amide bonds. The molecule has 2 rings (SSSR count). The molecule has 0 aliphatic carbocycles. The molecule has 1 aromatic carbocycles. The lowest BCUT2D eigenvalue weighted by atomic mass is 10.0. The zero-order valence-electron chi connectivity index (χ0n) is 9.99. The topological polar surface area (TPSA) is 38.9 Å². The van der Waals surface area contributed by atoms with Crippen molar-refractivity contribution in [3.8, 4) is 0 Å². The molecule has 1 atom stereocenters. The highest BCUT2D eigenvalue weighted by molar-refractivity contribution is 7.09. The maximum Gasteiger partial charge on any atom is 0.126 e. The van der Waals surface area contributed by atoms with Gasteiger partial charge in [-0.2, -0.15) is 0 Å². The number of thiazole rings is 1. The van der Waals surface area contributed by atoms with Crippen LogP contribution in [-0.2, 0) is 12.8 Å². The Hall–Kier alpha value is -0.970. The summed E-state index contributed by atoms with van der Waals surface area (Å²) in [5, 5.41) is 3.54. The molecule has 1 aromatic heterocycles. The summed E-state index contributed by atoms with van der Waals surface area (Å²) in [4.78, 5) is 4.35. The smallest absolute Gasteiger partial charge is 0.126 e. The monoisotopic (exact) mass is 284 g/mol. The van der Waals surface area contributed by atoms with Crippen LogP contribution in [0.2, 0.25) is 5.02 Å². The standard InChI is InChI=1S/C13H14ClFN2S/c1-8-17-12(7-18-8)6-11(16)5-9-4-10(14)2-3-13(9)15/h2-4,7,11H,5-6,16H2,1H3. The highest BCUT2D eigenvalue weighted by atomic mass is 35.5. The van der Waals surface area contributed by atoms with Crippen molar-refractivity contribution in [1.82, 2.24) is 4.98 Å². The largest absolute Gasteiger partial charge is 0.327 e. The van der Waals surface area contributed by atoms with Crippen LogP contribution in [0.15, 0.2) is 23.6 Å². The molecule has 0 bridgehead atoms. The molecule has 0 radical (unpaired) electrons. The molecule has 0 saturated carbocycles. The van der Waals surface area contributed by atoms with Crippen LogP contribution in [0.3, 0.4) is 0 Å². The van der Waals surface area contributed by atoms with E-state index in [0.29, 0.717) is 23.4 Å². The van der Waals surface area contributed by atoms with E-state index in [2.05, 4.69) is 4.98 Å². The van der Waals surface area contributed by atoms with Gasteiger partial charge in [-0.1, -0.05) is 11.6 Å². The van der Waals surface area contributed by atoms with Crippen LogP contribution in [0.4, 0.5) is 4.39 Å². The van der Waals surface area contributed by atoms with Crippen molar-refractivity contribution in [1.29, 1.82) is 0 Å². The van der Waals surface area contributed by atoms with Gasteiger partial charge in [-0.3, -0.25) is 0 Å². The van der Waals surface area contributed by atoms with E-state index in [0.717, 1.165) is 10.7 Å². The minimum Gasteiger partial charge on any atom is -0.327 e. The molecule has 1 heterocycles. The first-order chi connectivity index (χ1) is 8.54. The number of hydrogen-bond acceptors (Lipinski definition) is 3. The van der Waals surface area contributed by atoms with E-state index >= 15 is 0 Å². The average Bonchev–Trinajstić information content (AvgIpc) is 2.69. The zero-order chi connectivity index (χ0) is 13.1. The molecular weight excluding hydrogens is 271 g/mol. The maximum absolute atomic E-state index is 13.5. The van der Waals surface area contributed by atoms with Gasteiger partial charge in [-0.15, -0.1) is 11.3 Å². The van der Waals surface area contributed by atoms with Gasteiger partial charge >= 0.3 is 0 Å². The zero-order valence-corrected chi connectivity index (χ0v) is 11.6. The van der Waals surface area contributed by atoms with Crippen molar-refractivity contribution in [2.24, 2.45) is 5.73 Å². The Bertz CT molecular complexity index is 542. The molecule has 0 saturated heterocycles. The number of aryl methyl sites for hydroxylation is 1. The summed E-state index contributed by atoms with van der Waals surface area (Å²) in [7, 11) is 0. The highest BCUT2D eigenvalue weighted by Gasteiger charge is 2.11. The third-order valence-electron chi connectivity index (χ3n) is 2.63. The van der Waals surface area contributed by atoms with Gasteiger partial charge in [0, 0.05) is 22.9 Å². The number of nitrogens with two attached hydrogens (primary N) is 1. The summed E-state index contributed by atoms with van der Waals surface area (Å²) in [5.41, 5.74) is 7.54. The molecular formula is C13H14ClFN2S. The van der Waals surface area contributed by atoms with Gasteiger partial charge in [0.1, 0.15) is 5.82 Å². The van der Waals surface area contributed by atoms with Crippen molar-refractivity contribution in [2.45, 2.75) is 25.8 Å². The predicted molar refractivity (Wildman–Crippen MR) is 73.6 cm³/mol. The van der Waals surface area contributed by atoms with Crippen LogP contribution in [0, 0.1) is 12.7 Å². The molecule has 96 valence electrons. The van der Waals surface area contributed by atoms with Gasteiger partial charge in [-0.05, 0) is 37.1 Å². The van der Waals surface area contributed by atoms with E-state index in [1.54, 1.807) is 17.4 Å². The van der Waals surface area contributed by atoms with Gasteiger partial charge in [0.05, 0.1) is 10.7 Å². The Balaban J connectivity index is 2.02. The number of halogens is 2. The second-order valence-corrected chi connectivity index (χ2v) is 5.76. The van der Waals surface area contributed by atoms with Crippen LogP contribution in [0.1, 0.15) is 16.3 Å². The van der Waals surface area contributed by atoms with Crippen LogP contribution < -0.4 is 5.73 Å². The molecule has 0 spiro atoms. The SMILES string of the molecule is Cc1nc(CC(N)Cc2cc(Cl)ccc2F)cs1. The first kappa shape index (κ1) is 13.5. The summed E-state index contributed by atoms with van der Waals surface area (Å²) in [6.07, 6.45) is 1.11. The quantitative estimate of drug-likeness (QED) is 0.935. The molecule has 0 fully saturated rings. The summed E-state index contributed by atoms with van der Waals surface area (Å²) in [5.74, 6) is -0.260. The van der Waals surface area contributed by atoms with E-state index in [4.69, 9.17) is 17.3 Å². The molecule has 5 heteroatoms. The Morgan fingerprint density at radius 1 is 1.44 bits per heavy atom. The number of rotatable bonds is 4. The molecule has 0 aliphatic rings. The lowest BCUT2D eigenvalue weighted by molar-refractivity contribution is 0.582. The first-order valence-corrected chi connectivity index (χ1v) is 6.91. The highest BCUT2D eigenvalue weighted by Crippen LogP contribution is 2.17. The van der Waals surface area contributed by atoms with Crippen LogP contribution in [-0.4, -0.2) is 11.0 Å². The Morgan fingerprint density at radius 2 is 2.22 bits per heavy atom. The van der Waals surface area contributed by atoms with E-state index in [9.17, 15) is 4.39 Å². The number of aromatic nitrogens is 1. The molecule has 2 N–H and O–H groups in total. The predicted octanol–water partition coefficient (Wildman–Crippen LogP) is 3.36. The van der Waals surface area contributed by atoms with Crippen LogP contribution in [0.25, 0.3) is 0 Å². The molecule has 2 nitrogen and oxygen atoms in total. The van der Waals surface area contributed by atoms with Crippen molar-refractivity contribution < 1.29 is 4.39 Å². The number of nitrogens with zero attached hydrogens (tertiary/aromatic N) is 1.